The van der Waals surface area contributed by atoms with Gasteiger partial charge in [-0.2, -0.15) is 4.99 Å². The molecular formula is C18H14ClN3O3S. The number of benzene rings is 2. The second kappa shape index (κ2) is 7.23. The van der Waals surface area contributed by atoms with Crippen LogP contribution >= 0.6 is 22.9 Å². The molecule has 2 aromatic carbocycles. The second-order valence-corrected chi connectivity index (χ2v) is 7.19. The van der Waals surface area contributed by atoms with Gasteiger partial charge in [0.2, 0.25) is 0 Å². The number of aryl methyl sites for hydroxylation is 1. The van der Waals surface area contributed by atoms with E-state index in [1.807, 2.05) is 42.8 Å². The van der Waals surface area contributed by atoms with Crippen molar-refractivity contribution in [2.45, 2.75) is 6.92 Å². The molecule has 0 unspecified atom stereocenters. The van der Waals surface area contributed by atoms with Gasteiger partial charge in [-0.25, -0.2) is 0 Å². The van der Waals surface area contributed by atoms with Gasteiger partial charge in [0.05, 0.1) is 10.6 Å². The lowest BCUT2D eigenvalue weighted by molar-refractivity contribution is -0.384. The minimum absolute atomic E-state index is 0.0656. The van der Waals surface area contributed by atoms with Crippen LogP contribution in [0.2, 0.25) is 5.02 Å². The number of thiazole rings is 1. The van der Waals surface area contributed by atoms with Gasteiger partial charge in [0.25, 0.3) is 11.6 Å². The Labute approximate surface area is 158 Å². The molecule has 0 saturated heterocycles. The highest BCUT2D eigenvalue weighted by molar-refractivity contribution is 7.09. The molecule has 3 aromatic rings. The van der Waals surface area contributed by atoms with Crippen LogP contribution in [0.15, 0.2) is 53.5 Å². The predicted molar refractivity (Wildman–Crippen MR) is 101 cm³/mol. The molecule has 0 aliphatic heterocycles. The molecule has 0 N–H and O–H groups in total. The molecule has 26 heavy (non-hydrogen) atoms. The topological polar surface area (TPSA) is 77.5 Å². The lowest BCUT2D eigenvalue weighted by Crippen LogP contribution is -2.14. The van der Waals surface area contributed by atoms with Crippen LogP contribution in [-0.4, -0.2) is 15.4 Å². The molecule has 0 saturated carbocycles. The van der Waals surface area contributed by atoms with Crippen LogP contribution in [0.25, 0.3) is 11.3 Å². The molecule has 0 atom stereocenters. The molecule has 1 aromatic heterocycles. The van der Waals surface area contributed by atoms with Crippen molar-refractivity contribution in [1.29, 1.82) is 0 Å². The Morgan fingerprint density at radius 3 is 2.35 bits per heavy atom. The van der Waals surface area contributed by atoms with E-state index in [2.05, 4.69) is 4.99 Å². The van der Waals surface area contributed by atoms with Gasteiger partial charge in [0.15, 0.2) is 4.80 Å². The van der Waals surface area contributed by atoms with Crippen LogP contribution in [-0.2, 0) is 7.05 Å². The number of nitrogens with zero attached hydrogens (tertiary/aromatic N) is 3. The van der Waals surface area contributed by atoms with Crippen molar-refractivity contribution in [3.63, 3.8) is 0 Å². The number of carbonyl (C=O) groups excluding carboxylic acids is 1. The summed E-state index contributed by atoms with van der Waals surface area (Å²) in [5.41, 5.74) is 2.18. The van der Waals surface area contributed by atoms with Crippen LogP contribution in [0, 0.1) is 17.0 Å². The van der Waals surface area contributed by atoms with Gasteiger partial charge in [-0.3, -0.25) is 14.9 Å². The minimum Gasteiger partial charge on any atom is -0.319 e. The summed E-state index contributed by atoms with van der Waals surface area (Å²) in [7, 11) is 1.84. The van der Waals surface area contributed by atoms with Gasteiger partial charge in [-0.1, -0.05) is 23.7 Å². The van der Waals surface area contributed by atoms with Crippen molar-refractivity contribution < 1.29 is 9.72 Å². The first kappa shape index (κ1) is 18.0. The predicted octanol–water partition coefficient (Wildman–Crippen LogP) is 4.36. The normalized spacial score (nSPS) is 11.6. The molecule has 0 aliphatic rings. The maximum Gasteiger partial charge on any atom is 0.279 e. The van der Waals surface area contributed by atoms with E-state index in [0.29, 0.717) is 15.4 Å². The summed E-state index contributed by atoms with van der Waals surface area (Å²) in [6, 6.07) is 12.9. The zero-order valence-corrected chi connectivity index (χ0v) is 15.5. The molecular weight excluding hydrogens is 374 g/mol. The molecule has 1 amide bonds. The fourth-order valence-electron chi connectivity index (χ4n) is 2.57. The summed E-state index contributed by atoms with van der Waals surface area (Å²) in [6.45, 7) is 1.96. The first-order valence-corrected chi connectivity index (χ1v) is 8.82. The molecule has 0 fully saturated rings. The molecule has 0 radical (unpaired) electrons. The smallest absolute Gasteiger partial charge is 0.279 e. The Morgan fingerprint density at radius 1 is 1.15 bits per heavy atom. The van der Waals surface area contributed by atoms with Gasteiger partial charge in [0.1, 0.15) is 0 Å². The summed E-state index contributed by atoms with van der Waals surface area (Å²) >= 11 is 7.35. The van der Waals surface area contributed by atoms with Crippen LogP contribution in [0.5, 0.6) is 0 Å². The monoisotopic (exact) mass is 387 g/mol. The van der Waals surface area contributed by atoms with E-state index in [1.54, 1.807) is 0 Å². The number of hydrogen-bond acceptors (Lipinski definition) is 4. The first-order valence-electron chi connectivity index (χ1n) is 7.62. The van der Waals surface area contributed by atoms with Crippen LogP contribution in [0.4, 0.5) is 5.69 Å². The van der Waals surface area contributed by atoms with Gasteiger partial charge >= 0.3 is 0 Å². The number of halogens is 1. The highest BCUT2D eigenvalue weighted by Gasteiger charge is 2.13. The lowest BCUT2D eigenvalue weighted by Gasteiger charge is -2.04. The Hall–Kier alpha value is -2.77. The highest BCUT2D eigenvalue weighted by Crippen LogP contribution is 2.25. The quantitative estimate of drug-likeness (QED) is 0.494. The number of hydrogen-bond donors (Lipinski definition) is 0. The number of carbonyl (C=O) groups is 1. The van der Waals surface area contributed by atoms with Crippen molar-refractivity contribution in [3.05, 3.63) is 78.9 Å². The SMILES string of the molecule is Cc1sc(=NC(=O)c2ccc([N+](=O)[O-])cc2)n(C)c1-c1ccc(Cl)cc1. The van der Waals surface area contributed by atoms with Crippen molar-refractivity contribution >= 4 is 34.5 Å². The fourth-order valence-corrected chi connectivity index (χ4v) is 3.67. The van der Waals surface area contributed by atoms with Gasteiger partial charge in [-0.15, -0.1) is 11.3 Å². The zero-order chi connectivity index (χ0) is 18.8. The molecule has 0 spiro atoms. The van der Waals surface area contributed by atoms with Gasteiger partial charge < -0.3 is 4.57 Å². The summed E-state index contributed by atoms with van der Waals surface area (Å²) in [5.74, 6) is -0.445. The zero-order valence-electron chi connectivity index (χ0n) is 14.0. The second-order valence-electron chi connectivity index (χ2n) is 5.58. The minimum atomic E-state index is -0.508. The van der Waals surface area contributed by atoms with Crippen molar-refractivity contribution in [2.24, 2.45) is 12.0 Å². The van der Waals surface area contributed by atoms with Crippen molar-refractivity contribution in [3.8, 4) is 11.3 Å². The van der Waals surface area contributed by atoms with E-state index >= 15 is 0 Å². The van der Waals surface area contributed by atoms with Crippen LogP contribution in [0.3, 0.4) is 0 Å². The summed E-state index contributed by atoms with van der Waals surface area (Å²) in [4.78, 5) is 28.3. The number of non-ortho nitro benzene ring substituents is 1. The van der Waals surface area contributed by atoms with E-state index in [0.717, 1.165) is 16.1 Å². The summed E-state index contributed by atoms with van der Waals surface area (Å²) in [6.07, 6.45) is 0. The fraction of sp³-hybridized carbons (Fsp3) is 0.111. The van der Waals surface area contributed by atoms with E-state index in [1.165, 1.54) is 35.6 Å². The average Bonchev–Trinajstić information content (AvgIpc) is 2.89. The molecule has 0 aliphatic carbocycles. The van der Waals surface area contributed by atoms with Gasteiger partial charge in [0, 0.05) is 34.6 Å². The molecule has 0 bridgehead atoms. The maximum absolute atomic E-state index is 12.4. The Bertz CT molecular complexity index is 1050. The first-order chi connectivity index (χ1) is 12.4. The number of amides is 1. The van der Waals surface area contributed by atoms with E-state index in [9.17, 15) is 14.9 Å². The third-order valence-corrected chi connectivity index (χ3v) is 5.14. The van der Waals surface area contributed by atoms with Crippen LogP contribution in [0.1, 0.15) is 15.2 Å². The van der Waals surface area contributed by atoms with Crippen molar-refractivity contribution in [2.75, 3.05) is 0 Å². The van der Waals surface area contributed by atoms with E-state index < -0.39 is 10.8 Å². The molecule has 132 valence electrons. The molecule has 8 heteroatoms. The largest absolute Gasteiger partial charge is 0.319 e. The average molecular weight is 388 g/mol. The number of aromatic nitrogens is 1. The third-order valence-electron chi connectivity index (χ3n) is 3.84. The Kier molecular flexibility index (Phi) is 5.01. The lowest BCUT2D eigenvalue weighted by atomic mass is 10.1. The molecule has 6 nitrogen and oxygen atoms in total. The maximum atomic E-state index is 12.4. The van der Waals surface area contributed by atoms with E-state index in [4.69, 9.17) is 11.6 Å². The van der Waals surface area contributed by atoms with Crippen LogP contribution < -0.4 is 4.80 Å². The summed E-state index contributed by atoms with van der Waals surface area (Å²) in [5, 5.41) is 11.4. The summed E-state index contributed by atoms with van der Waals surface area (Å²) < 4.78 is 1.85. The molecule has 3 rings (SSSR count). The van der Waals surface area contributed by atoms with Crippen molar-refractivity contribution in [1.82, 2.24) is 4.57 Å². The Morgan fingerprint density at radius 2 is 1.77 bits per heavy atom. The number of rotatable bonds is 3. The standard InChI is InChI=1S/C18H14ClN3O3S/c1-11-16(12-3-7-14(19)8-4-12)21(2)18(26-11)20-17(23)13-5-9-15(10-6-13)22(24)25/h3-10H,1-2H3. The molecule has 1 heterocycles. The number of nitro benzene ring substituents is 1. The number of nitro groups is 1. The van der Waals surface area contributed by atoms with E-state index in [-0.39, 0.29) is 5.69 Å². The third kappa shape index (κ3) is 3.58. The highest BCUT2D eigenvalue weighted by atomic mass is 35.5. The van der Waals surface area contributed by atoms with Gasteiger partial charge in [-0.05, 0) is 36.8 Å². The Balaban J connectivity index is 1.99.